The van der Waals surface area contributed by atoms with Crippen molar-refractivity contribution in [2.75, 3.05) is 13.1 Å². The molecule has 30 heavy (non-hydrogen) atoms. The van der Waals surface area contributed by atoms with Crippen molar-refractivity contribution in [1.29, 1.82) is 0 Å². The molecule has 1 N–H and O–H groups in total. The molecule has 0 atom stereocenters. The van der Waals surface area contributed by atoms with Crippen LogP contribution in [0.25, 0.3) is 16.8 Å². The lowest BCUT2D eigenvalue weighted by molar-refractivity contribution is 0.0204. The molecule has 0 bridgehead atoms. The lowest BCUT2D eigenvalue weighted by Crippen LogP contribution is -2.41. The average Bonchev–Trinajstić information content (AvgIpc) is 3.12. The molecule has 1 saturated heterocycles. The van der Waals surface area contributed by atoms with Crippen LogP contribution in [0, 0.1) is 5.82 Å². The number of H-pyrrole nitrogens is 1. The number of benzene rings is 1. The van der Waals surface area contributed by atoms with Crippen molar-refractivity contribution in [2.24, 2.45) is 0 Å². The maximum atomic E-state index is 13.3. The molecule has 0 saturated carbocycles. The van der Waals surface area contributed by atoms with Gasteiger partial charge in [0.1, 0.15) is 11.4 Å². The number of rotatable bonds is 2. The van der Waals surface area contributed by atoms with Crippen molar-refractivity contribution in [3.63, 3.8) is 0 Å². The molecule has 1 fully saturated rings. The lowest BCUT2D eigenvalue weighted by atomic mass is 9.93. The highest BCUT2D eigenvalue weighted by Crippen LogP contribution is 2.29. The lowest BCUT2D eigenvalue weighted by Gasteiger charge is -2.33. The minimum Gasteiger partial charge on any atom is -0.444 e. The van der Waals surface area contributed by atoms with Crippen molar-refractivity contribution in [1.82, 2.24) is 19.5 Å². The van der Waals surface area contributed by atoms with Gasteiger partial charge in [0.05, 0.1) is 5.69 Å². The number of hydrogen-bond acceptors (Lipinski definition) is 4. The molecule has 4 rings (SSSR count). The van der Waals surface area contributed by atoms with E-state index in [1.165, 1.54) is 16.6 Å². The topological polar surface area (TPSA) is 79.7 Å². The van der Waals surface area contributed by atoms with Crippen molar-refractivity contribution in [3.05, 3.63) is 58.4 Å². The first-order valence-corrected chi connectivity index (χ1v) is 10.1. The van der Waals surface area contributed by atoms with Gasteiger partial charge in [-0.05, 0) is 51.3 Å². The Bertz CT molecular complexity index is 1120. The van der Waals surface area contributed by atoms with Crippen LogP contribution in [0.2, 0.25) is 0 Å². The summed E-state index contributed by atoms with van der Waals surface area (Å²) in [5, 5.41) is 2.92. The summed E-state index contributed by atoms with van der Waals surface area (Å²) in [5.74, 6) is -0.237. The van der Waals surface area contributed by atoms with E-state index < -0.39 is 5.60 Å². The van der Waals surface area contributed by atoms with E-state index in [2.05, 4.69) is 5.10 Å². The van der Waals surface area contributed by atoms with E-state index >= 15 is 0 Å². The van der Waals surface area contributed by atoms with Gasteiger partial charge in [-0.25, -0.2) is 18.7 Å². The van der Waals surface area contributed by atoms with Crippen LogP contribution in [-0.4, -0.2) is 44.3 Å². The predicted molar refractivity (Wildman–Crippen MR) is 111 cm³/mol. The number of fused-ring (bicyclic) bond motifs is 1. The zero-order chi connectivity index (χ0) is 21.5. The molecule has 0 aliphatic carbocycles. The van der Waals surface area contributed by atoms with Gasteiger partial charge in [0.25, 0.3) is 5.56 Å². The number of nitrogens with zero attached hydrogens (tertiary/aromatic N) is 3. The predicted octanol–water partition coefficient (Wildman–Crippen LogP) is 3.94. The van der Waals surface area contributed by atoms with Crippen LogP contribution in [0.5, 0.6) is 0 Å². The summed E-state index contributed by atoms with van der Waals surface area (Å²) in [6.07, 6.45) is 2.80. The van der Waals surface area contributed by atoms with Crippen molar-refractivity contribution in [3.8, 4) is 11.1 Å². The summed E-state index contributed by atoms with van der Waals surface area (Å²) in [6.45, 7) is 6.65. The fourth-order valence-electron chi connectivity index (χ4n) is 3.73. The first-order valence-electron chi connectivity index (χ1n) is 10.1. The molecule has 3 heterocycles. The fraction of sp³-hybridized carbons (Fsp3) is 0.409. The number of carbonyl (C=O) groups excluding carboxylic acids is 1. The summed E-state index contributed by atoms with van der Waals surface area (Å²) in [5.41, 5.74) is 2.02. The monoisotopic (exact) mass is 412 g/mol. The number of aromatic amines is 1. The van der Waals surface area contributed by atoms with Gasteiger partial charge in [-0.3, -0.25) is 9.89 Å². The molecular formula is C22H25FN4O3. The molecular weight excluding hydrogens is 387 g/mol. The molecule has 0 spiro atoms. The van der Waals surface area contributed by atoms with E-state index in [0.717, 1.165) is 11.1 Å². The Morgan fingerprint density at radius 2 is 1.87 bits per heavy atom. The van der Waals surface area contributed by atoms with Crippen LogP contribution in [0.4, 0.5) is 9.18 Å². The number of halogens is 1. The number of piperidine rings is 1. The van der Waals surface area contributed by atoms with Gasteiger partial charge < -0.3 is 9.64 Å². The van der Waals surface area contributed by atoms with E-state index in [0.29, 0.717) is 37.3 Å². The van der Waals surface area contributed by atoms with E-state index in [4.69, 9.17) is 9.72 Å². The number of aromatic nitrogens is 3. The van der Waals surface area contributed by atoms with Crippen molar-refractivity contribution in [2.45, 2.75) is 45.1 Å². The van der Waals surface area contributed by atoms with Gasteiger partial charge >= 0.3 is 6.09 Å². The number of ether oxygens (including phenoxy) is 1. The molecule has 1 aliphatic rings. The summed E-state index contributed by atoms with van der Waals surface area (Å²) in [4.78, 5) is 31.4. The Labute approximate surface area is 173 Å². The van der Waals surface area contributed by atoms with Gasteiger partial charge in [-0.1, -0.05) is 12.1 Å². The van der Waals surface area contributed by atoms with Crippen LogP contribution in [-0.2, 0) is 4.74 Å². The molecule has 1 aliphatic heterocycles. The molecule has 0 radical (unpaired) electrons. The van der Waals surface area contributed by atoms with Gasteiger partial charge in [-0.2, -0.15) is 0 Å². The molecule has 8 heteroatoms. The SMILES string of the molecule is CC(C)(C)OC(=O)N1CCC(c2cc(=O)n3[nH]cc(-c4ccc(F)cc4)c3n2)CC1. The van der Waals surface area contributed by atoms with Gasteiger partial charge in [0, 0.05) is 36.8 Å². The van der Waals surface area contributed by atoms with E-state index in [1.807, 2.05) is 20.8 Å². The van der Waals surface area contributed by atoms with Crippen LogP contribution in [0.3, 0.4) is 0 Å². The Morgan fingerprint density at radius 1 is 1.20 bits per heavy atom. The Kier molecular flexibility index (Phi) is 5.09. The second-order valence-corrected chi connectivity index (χ2v) is 8.61. The normalized spacial score (nSPS) is 15.5. The summed E-state index contributed by atoms with van der Waals surface area (Å²) in [7, 11) is 0. The minimum atomic E-state index is -0.528. The number of carbonyl (C=O) groups is 1. The molecule has 7 nitrogen and oxygen atoms in total. The zero-order valence-electron chi connectivity index (χ0n) is 17.3. The molecule has 0 unspecified atom stereocenters. The highest BCUT2D eigenvalue weighted by molar-refractivity contribution is 5.76. The van der Waals surface area contributed by atoms with E-state index in [-0.39, 0.29) is 23.4 Å². The van der Waals surface area contributed by atoms with Crippen molar-refractivity contribution < 1.29 is 13.9 Å². The summed E-state index contributed by atoms with van der Waals surface area (Å²) in [6, 6.07) is 7.64. The molecule has 1 aromatic carbocycles. The van der Waals surface area contributed by atoms with Crippen LogP contribution in [0.15, 0.2) is 41.3 Å². The maximum absolute atomic E-state index is 13.3. The second kappa shape index (κ2) is 7.59. The van der Waals surface area contributed by atoms with Gasteiger partial charge in [0.15, 0.2) is 5.65 Å². The zero-order valence-corrected chi connectivity index (χ0v) is 17.3. The maximum Gasteiger partial charge on any atom is 0.410 e. The third-order valence-electron chi connectivity index (χ3n) is 5.24. The van der Waals surface area contributed by atoms with Crippen LogP contribution >= 0.6 is 0 Å². The highest BCUT2D eigenvalue weighted by atomic mass is 19.1. The molecule has 3 aromatic rings. The Hall–Kier alpha value is -3.16. The number of likely N-dealkylation sites (tertiary alicyclic amines) is 1. The first-order chi connectivity index (χ1) is 14.2. The molecule has 2 aromatic heterocycles. The van der Waals surface area contributed by atoms with Gasteiger partial charge in [0.2, 0.25) is 0 Å². The Morgan fingerprint density at radius 3 is 2.50 bits per heavy atom. The average molecular weight is 412 g/mol. The fourth-order valence-corrected chi connectivity index (χ4v) is 3.73. The number of hydrogen-bond donors (Lipinski definition) is 1. The largest absolute Gasteiger partial charge is 0.444 e. The third kappa shape index (κ3) is 4.08. The standard InChI is InChI=1S/C22H25FN4O3/c1-22(2,3)30-21(29)26-10-8-15(9-11-26)18-12-19(28)27-20(25-18)17(13-24-27)14-4-6-16(23)7-5-14/h4-7,12-13,15,24H,8-11H2,1-3H3. The van der Waals surface area contributed by atoms with E-state index in [9.17, 15) is 14.0 Å². The quantitative estimate of drug-likeness (QED) is 0.691. The minimum absolute atomic E-state index is 0.0809. The Balaban J connectivity index is 1.57. The highest BCUT2D eigenvalue weighted by Gasteiger charge is 2.28. The summed E-state index contributed by atoms with van der Waals surface area (Å²) < 4.78 is 20.1. The first kappa shape index (κ1) is 20.1. The smallest absolute Gasteiger partial charge is 0.410 e. The third-order valence-corrected chi connectivity index (χ3v) is 5.24. The van der Waals surface area contributed by atoms with E-state index in [1.54, 1.807) is 29.3 Å². The molecule has 158 valence electrons. The number of amides is 1. The van der Waals surface area contributed by atoms with Gasteiger partial charge in [-0.15, -0.1) is 0 Å². The van der Waals surface area contributed by atoms with Crippen LogP contribution in [0.1, 0.15) is 45.2 Å². The van der Waals surface area contributed by atoms with Crippen LogP contribution < -0.4 is 5.56 Å². The second-order valence-electron chi connectivity index (χ2n) is 8.61. The number of nitrogens with one attached hydrogen (secondary N) is 1. The molecule has 1 amide bonds. The summed E-state index contributed by atoms with van der Waals surface area (Å²) >= 11 is 0. The van der Waals surface area contributed by atoms with Crippen molar-refractivity contribution >= 4 is 11.7 Å².